The van der Waals surface area contributed by atoms with E-state index >= 15 is 0 Å². The number of aliphatic hydroxyl groups is 1. The van der Waals surface area contributed by atoms with Gasteiger partial charge in [0.05, 0.1) is 31.9 Å². The number of carbonyl (C=O) groups is 1. The van der Waals surface area contributed by atoms with Crippen molar-refractivity contribution in [2.24, 2.45) is 0 Å². The number of hydrogen-bond donors (Lipinski definition) is 2. The molecule has 1 fully saturated rings. The predicted molar refractivity (Wildman–Crippen MR) is 70.5 cm³/mol. The average molecular weight is 286 g/mol. The molecule has 1 saturated heterocycles. The molecule has 0 aromatic heterocycles. The Morgan fingerprint density at radius 1 is 1.42 bits per heavy atom. The van der Waals surface area contributed by atoms with Crippen LogP contribution in [0.5, 0.6) is 0 Å². The average Bonchev–Trinajstić information content (AvgIpc) is 2.41. The van der Waals surface area contributed by atoms with Gasteiger partial charge in [-0.1, -0.05) is 23.7 Å². The summed E-state index contributed by atoms with van der Waals surface area (Å²) >= 11 is 5.81. The summed E-state index contributed by atoms with van der Waals surface area (Å²) in [7, 11) is 0. The third-order valence-corrected chi connectivity index (χ3v) is 3.45. The van der Waals surface area contributed by atoms with Crippen LogP contribution in [0.3, 0.4) is 0 Å². The van der Waals surface area contributed by atoms with Gasteiger partial charge in [-0.15, -0.1) is 0 Å². The summed E-state index contributed by atoms with van der Waals surface area (Å²) < 4.78 is 5.44. The lowest BCUT2D eigenvalue weighted by molar-refractivity contribution is -0.0727. The van der Waals surface area contributed by atoms with Gasteiger partial charge in [0.25, 0.3) is 0 Å². The number of halogens is 1. The fourth-order valence-corrected chi connectivity index (χ4v) is 2.29. The third kappa shape index (κ3) is 3.59. The number of nitrogens with zero attached hydrogens (tertiary/aromatic N) is 1. The topological polar surface area (TPSA) is 70.0 Å². The third-order valence-electron chi connectivity index (χ3n) is 3.20. The summed E-state index contributed by atoms with van der Waals surface area (Å²) in [5.41, 5.74) is 1.01. The maximum absolute atomic E-state index is 11.2. The molecule has 2 rings (SSSR count). The zero-order valence-corrected chi connectivity index (χ0v) is 11.1. The van der Waals surface area contributed by atoms with Crippen molar-refractivity contribution in [1.82, 2.24) is 4.90 Å². The van der Waals surface area contributed by atoms with Crippen LogP contribution in [0.4, 0.5) is 4.79 Å². The van der Waals surface area contributed by atoms with Gasteiger partial charge in [-0.25, -0.2) is 4.79 Å². The Morgan fingerprint density at radius 3 is 2.68 bits per heavy atom. The van der Waals surface area contributed by atoms with Crippen LogP contribution in [0.2, 0.25) is 5.02 Å². The number of hydrogen-bond acceptors (Lipinski definition) is 3. The lowest BCUT2D eigenvalue weighted by Gasteiger charge is -2.37. The van der Waals surface area contributed by atoms with E-state index < -0.39 is 12.2 Å². The highest BCUT2D eigenvalue weighted by Gasteiger charge is 2.31. The highest BCUT2D eigenvalue weighted by Crippen LogP contribution is 2.18. The number of rotatable bonds is 3. The second-order valence-electron chi connectivity index (χ2n) is 4.56. The molecule has 0 saturated carbocycles. The van der Waals surface area contributed by atoms with Crippen molar-refractivity contribution in [2.75, 3.05) is 19.8 Å². The maximum Gasteiger partial charge on any atom is 0.407 e. The lowest BCUT2D eigenvalue weighted by atomic mass is 10.0. The van der Waals surface area contributed by atoms with Crippen LogP contribution in [0.25, 0.3) is 0 Å². The first-order valence-corrected chi connectivity index (χ1v) is 6.44. The predicted octanol–water partition coefficient (Wildman–Crippen LogP) is 1.62. The largest absolute Gasteiger partial charge is 0.465 e. The zero-order chi connectivity index (χ0) is 13.8. The van der Waals surface area contributed by atoms with Gasteiger partial charge in [-0.05, 0) is 24.1 Å². The van der Waals surface area contributed by atoms with Crippen LogP contribution >= 0.6 is 11.6 Å². The quantitative estimate of drug-likeness (QED) is 0.885. The van der Waals surface area contributed by atoms with E-state index in [0.29, 0.717) is 18.1 Å². The van der Waals surface area contributed by atoms with Gasteiger partial charge in [-0.2, -0.15) is 0 Å². The summed E-state index contributed by atoms with van der Waals surface area (Å²) in [4.78, 5) is 12.6. The normalized spacial score (nSPS) is 23.4. The molecule has 1 aromatic carbocycles. The molecular formula is C13H16ClNO4. The van der Waals surface area contributed by atoms with Crippen molar-refractivity contribution in [3.05, 3.63) is 34.9 Å². The Balaban J connectivity index is 2.05. The SMILES string of the molecule is O=C(O)N1C[C@H](CO)OC[C@@H]1Cc1ccc(Cl)cc1. The van der Waals surface area contributed by atoms with Crippen molar-refractivity contribution in [3.63, 3.8) is 0 Å². The molecule has 0 bridgehead atoms. The molecule has 0 spiro atoms. The molecule has 1 heterocycles. The summed E-state index contributed by atoms with van der Waals surface area (Å²) in [6.45, 7) is 0.321. The molecule has 19 heavy (non-hydrogen) atoms. The molecular weight excluding hydrogens is 270 g/mol. The minimum Gasteiger partial charge on any atom is -0.465 e. The highest BCUT2D eigenvalue weighted by atomic mass is 35.5. The van der Waals surface area contributed by atoms with E-state index in [1.54, 1.807) is 12.1 Å². The van der Waals surface area contributed by atoms with Crippen LogP contribution < -0.4 is 0 Å². The molecule has 5 nitrogen and oxygen atoms in total. The number of aliphatic hydroxyl groups excluding tert-OH is 1. The van der Waals surface area contributed by atoms with Crippen LogP contribution in [0.15, 0.2) is 24.3 Å². The minimum atomic E-state index is -0.985. The second kappa shape index (κ2) is 6.23. The smallest absolute Gasteiger partial charge is 0.407 e. The Hall–Kier alpha value is -1.30. The first-order valence-electron chi connectivity index (χ1n) is 6.06. The summed E-state index contributed by atoms with van der Waals surface area (Å²) in [5, 5.41) is 18.9. The van der Waals surface area contributed by atoms with Gasteiger partial charge in [0, 0.05) is 5.02 Å². The fraction of sp³-hybridized carbons (Fsp3) is 0.462. The Morgan fingerprint density at radius 2 is 2.11 bits per heavy atom. The minimum absolute atomic E-state index is 0.169. The summed E-state index contributed by atoms with van der Waals surface area (Å²) in [6, 6.07) is 7.08. The molecule has 0 aliphatic carbocycles. The number of carboxylic acid groups (broad SMARTS) is 1. The summed E-state index contributed by atoms with van der Waals surface area (Å²) in [6.07, 6.45) is -0.847. The Kier molecular flexibility index (Phi) is 4.63. The number of amides is 1. The first-order chi connectivity index (χ1) is 9.10. The molecule has 0 unspecified atom stereocenters. The fourth-order valence-electron chi connectivity index (χ4n) is 2.16. The summed E-state index contributed by atoms with van der Waals surface area (Å²) in [5.74, 6) is 0. The van der Waals surface area contributed by atoms with E-state index in [9.17, 15) is 9.90 Å². The van der Waals surface area contributed by atoms with Crippen molar-refractivity contribution in [1.29, 1.82) is 0 Å². The molecule has 0 radical (unpaired) electrons. The maximum atomic E-state index is 11.2. The van der Waals surface area contributed by atoms with E-state index in [1.165, 1.54) is 4.90 Å². The van der Waals surface area contributed by atoms with Crippen LogP contribution in [-0.4, -0.2) is 53.1 Å². The zero-order valence-electron chi connectivity index (χ0n) is 10.3. The first kappa shape index (κ1) is 14.1. The van der Waals surface area contributed by atoms with Gasteiger partial charge >= 0.3 is 6.09 Å². The standard InChI is InChI=1S/C13H16ClNO4/c14-10-3-1-9(2-4-10)5-11-8-19-12(7-16)6-15(11)13(17)18/h1-4,11-12,16H,5-8H2,(H,17,18)/t11-,12+/m0/s1. The highest BCUT2D eigenvalue weighted by molar-refractivity contribution is 6.30. The molecule has 6 heteroatoms. The van der Waals surface area contributed by atoms with Crippen molar-refractivity contribution in [2.45, 2.75) is 18.6 Å². The molecule has 1 aliphatic rings. The van der Waals surface area contributed by atoms with Gasteiger partial charge in [0.1, 0.15) is 0 Å². The van der Waals surface area contributed by atoms with Crippen LogP contribution in [0, 0.1) is 0 Å². The van der Waals surface area contributed by atoms with Gasteiger partial charge in [-0.3, -0.25) is 0 Å². The monoisotopic (exact) mass is 285 g/mol. The van der Waals surface area contributed by atoms with Crippen molar-refractivity contribution in [3.8, 4) is 0 Å². The van der Waals surface area contributed by atoms with Crippen molar-refractivity contribution < 1.29 is 19.7 Å². The Bertz CT molecular complexity index is 437. The molecule has 1 amide bonds. The molecule has 104 valence electrons. The van der Waals surface area contributed by atoms with E-state index in [-0.39, 0.29) is 19.2 Å². The number of ether oxygens (including phenoxy) is 1. The second-order valence-corrected chi connectivity index (χ2v) is 4.99. The molecule has 1 aliphatic heterocycles. The van der Waals surface area contributed by atoms with Gasteiger partial charge in [0.2, 0.25) is 0 Å². The Labute approximate surface area is 116 Å². The lowest BCUT2D eigenvalue weighted by Crippen LogP contribution is -2.53. The van der Waals surface area contributed by atoms with Crippen LogP contribution in [0.1, 0.15) is 5.56 Å². The van der Waals surface area contributed by atoms with E-state index in [1.807, 2.05) is 12.1 Å². The van der Waals surface area contributed by atoms with Crippen LogP contribution in [-0.2, 0) is 11.2 Å². The van der Waals surface area contributed by atoms with Gasteiger partial charge in [0.15, 0.2) is 0 Å². The van der Waals surface area contributed by atoms with Gasteiger partial charge < -0.3 is 19.8 Å². The molecule has 2 atom stereocenters. The number of morpholine rings is 1. The van der Waals surface area contributed by atoms with E-state index in [0.717, 1.165) is 5.56 Å². The van der Waals surface area contributed by atoms with E-state index in [2.05, 4.69) is 0 Å². The van der Waals surface area contributed by atoms with E-state index in [4.69, 9.17) is 21.4 Å². The number of benzene rings is 1. The molecule has 1 aromatic rings. The van der Waals surface area contributed by atoms with Crippen molar-refractivity contribution >= 4 is 17.7 Å². The molecule has 2 N–H and O–H groups in total.